The van der Waals surface area contributed by atoms with Gasteiger partial charge in [0, 0.05) is 31.4 Å². The van der Waals surface area contributed by atoms with E-state index in [4.69, 9.17) is 10.9 Å². The van der Waals surface area contributed by atoms with Crippen LogP contribution in [0.4, 0.5) is 10.1 Å². The van der Waals surface area contributed by atoms with Crippen LogP contribution < -0.4 is 10.6 Å². The standard InChI is InChI=1S/C14H21FN4O/c1-18-6-5-10(8-18)9-19(2)13-4-3-11(15)7-12(13)14(16)17-20/h3-4,7,10,20H,5-6,8-9H2,1-2H3,(H2,16,17). The first-order valence-corrected chi connectivity index (χ1v) is 6.68. The second-order valence-electron chi connectivity index (χ2n) is 5.44. The maximum Gasteiger partial charge on any atom is 0.172 e. The molecule has 0 bridgehead atoms. The monoisotopic (exact) mass is 280 g/mol. The quantitative estimate of drug-likeness (QED) is 0.378. The largest absolute Gasteiger partial charge is 0.409 e. The molecule has 1 aliphatic rings. The van der Waals surface area contributed by atoms with Crippen molar-refractivity contribution in [1.82, 2.24) is 4.90 Å². The summed E-state index contributed by atoms with van der Waals surface area (Å²) < 4.78 is 13.3. The summed E-state index contributed by atoms with van der Waals surface area (Å²) in [6, 6.07) is 4.35. The molecule has 1 unspecified atom stereocenters. The fourth-order valence-corrected chi connectivity index (χ4v) is 2.76. The number of likely N-dealkylation sites (tertiary alicyclic amines) is 1. The summed E-state index contributed by atoms with van der Waals surface area (Å²) in [5.41, 5.74) is 6.82. The zero-order chi connectivity index (χ0) is 14.7. The van der Waals surface area contributed by atoms with Gasteiger partial charge in [0.15, 0.2) is 5.84 Å². The van der Waals surface area contributed by atoms with Gasteiger partial charge in [0.25, 0.3) is 0 Å². The minimum atomic E-state index is -0.399. The van der Waals surface area contributed by atoms with Crippen LogP contribution in [0.15, 0.2) is 23.4 Å². The van der Waals surface area contributed by atoms with E-state index in [-0.39, 0.29) is 5.84 Å². The van der Waals surface area contributed by atoms with Crippen molar-refractivity contribution < 1.29 is 9.60 Å². The molecule has 1 atom stereocenters. The summed E-state index contributed by atoms with van der Waals surface area (Å²) in [6.45, 7) is 3.03. The number of amidine groups is 1. The Labute approximate surface area is 118 Å². The lowest BCUT2D eigenvalue weighted by atomic mass is 10.1. The van der Waals surface area contributed by atoms with Crippen LogP contribution in [-0.4, -0.2) is 49.7 Å². The van der Waals surface area contributed by atoms with Gasteiger partial charge in [-0.1, -0.05) is 5.16 Å². The van der Waals surface area contributed by atoms with E-state index in [9.17, 15) is 4.39 Å². The highest BCUT2D eigenvalue weighted by atomic mass is 19.1. The maximum atomic E-state index is 13.3. The normalized spacial score (nSPS) is 20.4. The number of nitrogens with two attached hydrogens (primary N) is 1. The highest BCUT2D eigenvalue weighted by Crippen LogP contribution is 2.24. The molecule has 0 aliphatic carbocycles. The number of benzene rings is 1. The summed E-state index contributed by atoms with van der Waals surface area (Å²) in [6.07, 6.45) is 1.15. The summed E-state index contributed by atoms with van der Waals surface area (Å²) in [7, 11) is 4.06. The van der Waals surface area contributed by atoms with Crippen LogP contribution in [0, 0.1) is 11.7 Å². The predicted octanol–water partition coefficient (Wildman–Crippen LogP) is 1.31. The fourth-order valence-electron chi connectivity index (χ4n) is 2.76. The molecule has 0 saturated carbocycles. The lowest BCUT2D eigenvalue weighted by molar-refractivity contribution is 0.318. The highest BCUT2D eigenvalue weighted by molar-refractivity contribution is 6.02. The average molecular weight is 280 g/mol. The molecule has 0 radical (unpaired) electrons. The van der Waals surface area contributed by atoms with E-state index in [2.05, 4.69) is 17.1 Å². The van der Waals surface area contributed by atoms with Gasteiger partial charge >= 0.3 is 0 Å². The van der Waals surface area contributed by atoms with Crippen LogP contribution in [0.25, 0.3) is 0 Å². The van der Waals surface area contributed by atoms with Gasteiger partial charge in [-0.3, -0.25) is 0 Å². The predicted molar refractivity (Wildman–Crippen MR) is 77.8 cm³/mol. The zero-order valence-corrected chi connectivity index (χ0v) is 11.9. The van der Waals surface area contributed by atoms with Crippen molar-refractivity contribution in [1.29, 1.82) is 0 Å². The smallest absolute Gasteiger partial charge is 0.172 e. The number of rotatable bonds is 4. The van der Waals surface area contributed by atoms with Crippen molar-refractivity contribution >= 4 is 11.5 Å². The van der Waals surface area contributed by atoms with Crippen molar-refractivity contribution in [3.8, 4) is 0 Å². The molecule has 0 aromatic heterocycles. The molecule has 1 heterocycles. The van der Waals surface area contributed by atoms with Gasteiger partial charge in [0.05, 0.1) is 0 Å². The Hall–Kier alpha value is -1.82. The SMILES string of the molecule is CN1CCC(CN(C)c2ccc(F)cc2C(N)=NO)C1. The van der Waals surface area contributed by atoms with Crippen LogP contribution in [0.3, 0.4) is 0 Å². The average Bonchev–Trinajstić information content (AvgIpc) is 2.82. The van der Waals surface area contributed by atoms with Crippen molar-refractivity contribution in [2.24, 2.45) is 16.8 Å². The van der Waals surface area contributed by atoms with Crippen LogP contribution in [0.1, 0.15) is 12.0 Å². The molecular formula is C14H21FN4O. The van der Waals surface area contributed by atoms with E-state index in [0.29, 0.717) is 11.5 Å². The van der Waals surface area contributed by atoms with Gasteiger partial charge < -0.3 is 20.7 Å². The molecule has 1 aromatic rings. The Morgan fingerprint density at radius 2 is 2.35 bits per heavy atom. The Bertz CT molecular complexity index is 506. The van der Waals surface area contributed by atoms with Crippen molar-refractivity contribution in [2.75, 3.05) is 38.6 Å². The van der Waals surface area contributed by atoms with E-state index in [1.807, 2.05) is 11.9 Å². The van der Waals surface area contributed by atoms with Crippen molar-refractivity contribution in [2.45, 2.75) is 6.42 Å². The van der Waals surface area contributed by atoms with Crippen LogP contribution in [0.2, 0.25) is 0 Å². The fraction of sp³-hybridized carbons (Fsp3) is 0.500. The van der Waals surface area contributed by atoms with Gasteiger partial charge in [0.1, 0.15) is 5.82 Å². The maximum absolute atomic E-state index is 13.3. The summed E-state index contributed by atoms with van der Waals surface area (Å²) in [4.78, 5) is 4.34. The van der Waals surface area contributed by atoms with E-state index >= 15 is 0 Å². The van der Waals surface area contributed by atoms with Crippen LogP contribution >= 0.6 is 0 Å². The second-order valence-corrected chi connectivity index (χ2v) is 5.44. The molecule has 5 nitrogen and oxygen atoms in total. The Morgan fingerprint density at radius 1 is 1.60 bits per heavy atom. The van der Waals surface area contributed by atoms with E-state index < -0.39 is 5.82 Å². The van der Waals surface area contributed by atoms with E-state index in [1.165, 1.54) is 12.1 Å². The Morgan fingerprint density at radius 3 is 2.95 bits per heavy atom. The minimum Gasteiger partial charge on any atom is -0.409 e. The van der Waals surface area contributed by atoms with Crippen molar-refractivity contribution in [3.63, 3.8) is 0 Å². The Balaban J connectivity index is 2.18. The minimum absolute atomic E-state index is 0.0742. The molecule has 1 aromatic carbocycles. The number of hydrogen-bond donors (Lipinski definition) is 2. The Kier molecular flexibility index (Phi) is 4.44. The molecule has 20 heavy (non-hydrogen) atoms. The highest BCUT2D eigenvalue weighted by Gasteiger charge is 2.22. The molecular weight excluding hydrogens is 259 g/mol. The van der Waals surface area contributed by atoms with Crippen LogP contribution in [0.5, 0.6) is 0 Å². The number of hydrogen-bond acceptors (Lipinski definition) is 4. The van der Waals surface area contributed by atoms with E-state index in [0.717, 1.165) is 31.7 Å². The van der Waals surface area contributed by atoms with Gasteiger partial charge in [-0.25, -0.2) is 4.39 Å². The van der Waals surface area contributed by atoms with Crippen molar-refractivity contribution in [3.05, 3.63) is 29.6 Å². The third kappa shape index (κ3) is 3.19. The van der Waals surface area contributed by atoms with Crippen LogP contribution in [-0.2, 0) is 0 Å². The summed E-state index contributed by atoms with van der Waals surface area (Å²) in [5.74, 6) is 0.106. The first-order chi connectivity index (χ1) is 9.51. The van der Waals surface area contributed by atoms with Gasteiger partial charge in [-0.2, -0.15) is 0 Å². The molecule has 0 spiro atoms. The topological polar surface area (TPSA) is 65.1 Å². The summed E-state index contributed by atoms with van der Waals surface area (Å²) in [5, 5.41) is 11.8. The first kappa shape index (κ1) is 14.6. The number of halogens is 1. The molecule has 2 rings (SSSR count). The number of anilines is 1. The van der Waals surface area contributed by atoms with E-state index in [1.54, 1.807) is 6.07 Å². The van der Waals surface area contributed by atoms with Gasteiger partial charge in [-0.15, -0.1) is 0 Å². The molecule has 1 fully saturated rings. The number of nitrogens with zero attached hydrogens (tertiary/aromatic N) is 3. The third-order valence-electron chi connectivity index (χ3n) is 3.77. The lowest BCUT2D eigenvalue weighted by Crippen LogP contribution is -2.29. The first-order valence-electron chi connectivity index (χ1n) is 6.68. The second kappa shape index (κ2) is 6.09. The lowest BCUT2D eigenvalue weighted by Gasteiger charge is -2.25. The zero-order valence-electron chi connectivity index (χ0n) is 11.9. The molecule has 0 amide bonds. The molecule has 1 aliphatic heterocycles. The molecule has 110 valence electrons. The summed E-state index contributed by atoms with van der Waals surface area (Å²) >= 11 is 0. The molecule has 3 N–H and O–H groups in total. The third-order valence-corrected chi connectivity index (χ3v) is 3.77. The molecule has 6 heteroatoms. The number of oxime groups is 1. The van der Waals surface area contributed by atoms with Gasteiger partial charge in [0.2, 0.25) is 0 Å². The molecule has 1 saturated heterocycles. The van der Waals surface area contributed by atoms with Gasteiger partial charge in [-0.05, 0) is 44.1 Å².